The van der Waals surface area contributed by atoms with Crippen LogP contribution in [-0.2, 0) is 4.74 Å². The fraction of sp³-hybridized carbons (Fsp3) is 0.250. The lowest BCUT2D eigenvalue weighted by Gasteiger charge is -2.04. The van der Waals surface area contributed by atoms with Crippen molar-refractivity contribution in [2.45, 2.75) is 6.92 Å². The summed E-state index contributed by atoms with van der Waals surface area (Å²) in [5.74, 6) is 0.261. The standard InChI is InChI=1S/C12H13N3O3/c1-8-11(12(16)18-3)13-14-15(8)9-4-6-10(17-2)7-5-9/h4-7H,1-3H3. The van der Waals surface area contributed by atoms with E-state index in [9.17, 15) is 4.79 Å². The van der Waals surface area contributed by atoms with Crippen molar-refractivity contribution in [2.24, 2.45) is 0 Å². The third-order valence-corrected chi connectivity index (χ3v) is 2.59. The number of methoxy groups -OCH3 is 2. The fourth-order valence-electron chi connectivity index (χ4n) is 1.58. The maximum absolute atomic E-state index is 11.4. The first-order chi connectivity index (χ1) is 8.67. The van der Waals surface area contributed by atoms with E-state index >= 15 is 0 Å². The largest absolute Gasteiger partial charge is 0.497 e. The monoisotopic (exact) mass is 247 g/mol. The second-order valence-corrected chi connectivity index (χ2v) is 3.62. The Bertz CT molecular complexity index is 560. The normalized spacial score (nSPS) is 10.2. The van der Waals surface area contributed by atoms with Crippen LogP contribution in [0.15, 0.2) is 24.3 Å². The Morgan fingerprint density at radius 3 is 2.44 bits per heavy atom. The lowest BCUT2D eigenvalue weighted by molar-refractivity contribution is 0.0593. The molecular weight excluding hydrogens is 234 g/mol. The molecule has 0 aliphatic heterocycles. The Morgan fingerprint density at radius 2 is 1.89 bits per heavy atom. The van der Waals surface area contributed by atoms with Gasteiger partial charge in [-0.15, -0.1) is 5.10 Å². The number of ether oxygens (including phenoxy) is 2. The van der Waals surface area contributed by atoms with E-state index in [1.807, 2.05) is 24.3 Å². The number of nitrogens with zero attached hydrogens (tertiary/aromatic N) is 3. The second-order valence-electron chi connectivity index (χ2n) is 3.62. The predicted octanol–water partition coefficient (Wildman–Crippen LogP) is 1.37. The van der Waals surface area contributed by atoms with Crippen molar-refractivity contribution in [1.29, 1.82) is 0 Å². The van der Waals surface area contributed by atoms with E-state index in [1.165, 1.54) is 7.11 Å². The van der Waals surface area contributed by atoms with Crippen LogP contribution in [0.4, 0.5) is 0 Å². The molecule has 0 aliphatic rings. The lowest BCUT2D eigenvalue weighted by Crippen LogP contribution is -2.05. The van der Waals surface area contributed by atoms with Crippen molar-refractivity contribution >= 4 is 5.97 Å². The fourth-order valence-corrected chi connectivity index (χ4v) is 1.58. The van der Waals surface area contributed by atoms with Crippen LogP contribution < -0.4 is 4.74 Å². The van der Waals surface area contributed by atoms with E-state index < -0.39 is 5.97 Å². The smallest absolute Gasteiger partial charge is 0.360 e. The third kappa shape index (κ3) is 2.04. The number of benzene rings is 1. The van der Waals surface area contributed by atoms with Crippen molar-refractivity contribution in [1.82, 2.24) is 15.0 Å². The molecule has 6 heteroatoms. The SMILES string of the molecule is COC(=O)c1nnn(-c2ccc(OC)cc2)c1C. The number of esters is 1. The van der Waals surface area contributed by atoms with Crippen molar-refractivity contribution in [2.75, 3.05) is 14.2 Å². The zero-order valence-electron chi connectivity index (χ0n) is 10.4. The number of carbonyl (C=O) groups excluding carboxylic acids is 1. The molecular formula is C12H13N3O3. The van der Waals surface area contributed by atoms with Crippen LogP contribution in [0.25, 0.3) is 5.69 Å². The molecule has 0 radical (unpaired) electrons. The molecule has 0 fully saturated rings. The van der Waals surface area contributed by atoms with Gasteiger partial charge in [-0.05, 0) is 31.2 Å². The van der Waals surface area contributed by atoms with Crippen LogP contribution in [0.1, 0.15) is 16.2 Å². The molecule has 0 saturated carbocycles. The Morgan fingerprint density at radius 1 is 1.22 bits per heavy atom. The Kier molecular flexibility index (Phi) is 3.27. The zero-order chi connectivity index (χ0) is 13.1. The molecule has 0 spiro atoms. The highest BCUT2D eigenvalue weighted by atomic mass is 16.5. The van der Waals surface area contributed by atoms with Gasteiger partial charge >= 0.3 is 5.97 Å². The summed E-state index contributed by atoms with van der Waals surface area (Å²) in [5.41, 5.74) is 1.65. The van der Waals surface area contributed by atoms with Crippen molar-refractivity contribution in [3.05, 3.63) is 35.7 Å². The maximum atomic E-state index is 11.4. The summed E-state index contributed by atoms with van der Waals surface area (Å²) in [5, 5.41) is 7.75. The third-order valence-electron chi connectivity index (χ3n) is 2.59. The summed E-state index contributed by atoms with van der Waals surface area (Å²) in [7, 11) is 2.92. The van der Waals surface area contributed by atoms with Crippen LogP contribution in [0.3, 0.4) is 0 Å². The summed E-state index contributed by atoms with van der Waals surface area (Å²) in [4.78, 5) is 11.4. The van der Waals surface area contributed by atoms with Gasteiger partial charge in [0.15, 0.2) is 5.69 Å². The molecule has 94 valence electrons. The molecule has 2 rings (SSSR count). The lowest BCUT2D eigenvalue weighted by atomic mass is 10.3. The van der Waals surface area contributed by atoms with Gasteiger partial charge in [-0.2, -0.15) is 0 Å². The minimum atomic E-state index is -0.493. The topological polar surface area (TPSA) is 66.2 Å². The minimum Gasteiger partial charge on any atom is -0.497 e. The number of aromatic nitrogens is 3. The molecule has 0 aliphatic carbocycles. The molecule has 0 bridgehead atoms. The Balaban J connectivity index is 2.39. The van der Waals surface area contributed by atoms with E-state index in [4.69, 9.17) is 4.74 Å². The van der Waals surface area contributed by atoms with Gasteiger partial charge in [0.05, 0.1) is 25.6 Å². The van der Waals surface area contributed by atoms with Gasteiger partial charge in [-0.25, -0.2) is 9.48 Å². The molecule has 0 unspecified atom stereocenters. The number of hydrogen-bond acceptors (Lipinski definition) is 5. The van der Waals surface area contributed by atoms with Gasteiger partial charge in [0.2, 0.25) is 0 Å². The van der Waals surface area contributed by atoms with Crippen LogP contribution in [0.5, 0.6) is 5.75 Å². The predicted molar refractivity (Wildman–Crippen MR) is 64.0 cm³/mol. The molecule has 1 heterocycles. The molecule has 1 aromatic heterocycles. The molecule has 1 aromatic carbocycles. The highest BCUT2D eigenvalue weighted by Crippen LogP contribution is 2.16. The van der Waals surface area contributed by atoms with Crippen molar-refractivity contribution in [3.63, 3.8) is 0 Å². The van der Waals surface area contributed by atoms with E-state index in [-0.39, 0.29) is 5.69 Å². The number of carbonyl (C=O) groups is 1. The molecule has 0 atom stereocenters. The first-order valence-electron chi connectivity index (χ1n) is 5.32. The van der Waals surface area contributed by atoms with Gasteiger partial charge < -0.3 is 9.47 Å². The summed E-state index contributed by atoms with van der Waals surface area (Å²) in [6.07, 6.45) is 0. The summed E-state index contributed by atoms with van der Waals surface area (Å²) >= 11 is 0. The molecule has 0 amide bonds. The molecule has 18 heavy (non-hydrogen) atoms. The van der Waals surface area contributed by atoms with E-state index in [0.29, 0.717) is 5.69 Å². The van der Waals surface area contributed by atoms with Gasteiger partial charge in [0, 0.05) is 0 Å². The molecule has 0 N–H and O–H groups in total. The Hall–Kier alpha value is -2.37. The van der Waals surface area contributed by atoms with Gasteiger partial charge in [-0.1, -0.05) is 5.21 Å². The quantitative estimate of drug-likeness (QED) is 0.766. The summed E-state index contributed by atoms with van der Waals surface area (Å²) < 4.78 is 11.3. The number of rotatable bonds is 3. The van der Waals surface area contributed by atoms with Gasteiger partial charge in [-0.3, -0.25) is 0 Å². The van der Waals surface area contributed by atoms with Crippen LogP contribution in [0, 0.1) is 6.92 Å². The highest BCUT2D eigenvalue weighted by molar-refractivity contribution is 5.88. The van der Waals surface area contributed by atoms with Crippen molar-refractivity contribution < 1.29 is 14.3 Å². The molecule has 2 aromatic rings. The van der Waals surface area contributed by atoms with Gasteiger partial charge in [0.1, 0.15) is 5.75 Å². The van der Waals surface area contributed by atoms with Crippen LogP contribution >= 0.6 is 0 Å². The number of hydrogen-bond donors (Lipinski definition) is 0. The Labute approximate surface area is 104 Å². The first kappa shape index (κ1) is 12.1. The van der Waals surface area contributed by atoms with Crippen LogP contribution in [0.2, 0.25) is 0 Å². The van der Waals surface area contributed by atoms with Gasteiger partial charge in [0.25, 0.3) is 0 Å². The summed E-state index contributed by atoms with van der Waals surface area (Å²) in [6.45, 7) is 1.76. The summed E-state index contributed by atoms with van der Waals surface area (Å²) in [6, 6.07) is 7.30. The van der Waals surface area contributed by atoms with Crippen LogP contribution in [-0.4, -0.2) is 35.2 Å². The second kappa shape index (κ2) is 4.87. The minimum absolute atomic E-state index is 0.216. The maximum Gasteiger partial charge on any atom is 0.360 e. The van der Waals surface area contributed by atoms with Crippen molar-refractivity contribution in [3.8, 4) is 11.4 Å². The van der Waals surface area contributed by atoms with E-state index in [2.05, 4.69) is 15.0 Å². The highest BCUT2D eigenvalue weighted by Gasteiger charge is 2.17. The average Bonchev–Trinajstić information content (AvgIpc) is 2.80. The van der Waals surface area contributed by atoms with E-state index in [1.54, 1.807) is 18.7 Å². The first-order valence-corrected chi connectivity index (χ1v) is 5.32. The zero-order valence-corrected chi connectivity index (χ0v) is 10.4. The molecule has 0 saturated heterocycles. The van der Waals surface area contributed by atoms with E-state index in [0.717, 1.165) is 11.4 Å². The molecule has 6 nitrogen and oxygen atoms in total. The average molecular weight is 247 g/mol.